The highest BCUT2D eigenvalue weighted by molar-refractivity contribution is 9.11. The Hall–Kier alpha value is -0.920. The molecule has 7 heteroatoms. The third-order valence-corrected chi connectivity index (χ3v) is 4.79. The van der Waals surface area contributed by atoms with E-state index in [9.17, 15) is 10.1 Å². The SMILES string of the molecule is Cc1c(CNc2c(Br)cc(Br)cc2Br)cccc1[N+](=O)[O-]. The van der Waals surface area contributed by atoms with Gasteiger partial charge in [-0.2, -0.15) is 0 Å². The molecular formula is C14H11Br3N2O2. The highest BCUT2D eigenvalue weighted by Gasteiger charge is 2.13. The van der Waals surface area contributed by atoms with Crippen molar-refractivity contribution in [2.75, 3.05) is 5.32 Å². The fraction of sp³-hybridized carbons (Fsp3) is 0.143. The van der Waals surface area contributed by atoms with Crippen molar-refractivity contribution in [2.45, 2.75) is 13.5 Å². The fourth-order valence-electron chi connectivity index (χ4n) is 1.95. The van der Waals surface area contributed by atoms with E-state index in [0.29, 0.717) is 12.1 Å². The van der Waals surface area contributed by atoms with Gasteiger partial charge in [-0.25, -0.2) is 0 Å². The number of halogens is 3. The van der Waals surface area contributed by atoms with E-state index in [1.807, 2.05) is 18.2 Å². The zero-order valence-electron chi connectivity index (χ0n) is 11.0. The minimum atomic E-state index is -0.357. The van der Waals surface area contributed by atoms with E-state index in [1.165, 1.54) is 6.07 Å². The molecule has 0 aliphatic rings. The molecule has 4 nitrogen and oxygen atoms in total. The van der Waals surface area contributed by atoms with Crippen LogP contribution in [0.15, 0.2) is 43.7 Å². The predicted octanol–water partition coefficient (Wildman–Crippen LogP) is 5.80. The molecule has 2 rings (SSSR count). The molecule has 2 aromatic rings. The summed E-state index contributed by atoms with van der Waals surface area (Å²) in [5, 5.41) is 14.3. The largest absolute Gasteiger partial charge is 0.379 e. The Morgan fingerprint density at radius 2 is 1.81 bits per heavy atom. The number of nitrogens with one attached hydrogen (secondary N) is 1. The molecule has 0 unspecified atom stereocenters. The molecule has 21 heavy (non-hydrogen) atoms. The van der Waals surface area contributed by atoms with E-state index in [2.05, 4.69) is 53.1 Å². The molecule has 0 radical (unpaired) electrons. The monoisotopic (exact) mass is 476 g/mol. The van der Waals surface area contributed by atoms with Crippen molar-refractivity contribution in [1.29, 1.82) is 0 Å². The molecule has 0 saturated heterocycles. The molecule has 0 aliphatic carbocycles. The summed E-state index contributed by atoms with van der Waals surface area (Å²) < 4.78 is 2.77. The highest BCUT2D eigenvalue weighted by atomic mass is 79.9. The van der Waals surface area contributed by atoms with E-state index in [1.54, 1.807) is 13.0 Å². The van der Waals surface area contributed by atoms with Gasteiger partial charge in [-0.1, -0.05) is 28.1 Å². The van der Waals surface area contributed by atoms with Crippen LogP contribution in [-0.2, 0) is 6.54 Å². The number of hydrogen-bond acceptors (Lipinski definition) is 3. The second-order valence-corrected chi connectivity index (χ2v) is 7.04. The van der Waals surface area contributed by atoms with Gasteiger partial charge in [0, 0.05) is 31.6 Å². The maximum absolute atomic E-state index is 11.0. The Morgan fingerprint density at radius 1 is 1.19 bits per heavy atom. The summed E-state index contributed by atoms with van der Waals surface area (Å²) in [6.07, 6.45) is 0. The molecule has 0 aliphatic heterocycles. The fourth-order valence-corrected chi connectivity index (χ4v) is 4.49. The number of nitrogens with zero attached hydrogens (tertiary/aromatic N) is 1. The molecule has 1 N–H and O–H groups in total. The molecule has 0 saturated carbocycles. The van der Waals surface area contributed by atoms with E-state index in [0.717, 1.165) is 24.7 Å². The number of benzene rings is 2. The van der Waals surface area contributed by atoms with Gasteiger partial charge >= 0.3 is 0 Å². The quantitative estimate of drug-likeness (QED) is 0.446. The summed E-state index contributed by atoms with van der Waals surface area (Å²) in [6, 6.07) is 8.98. The van der Waals surface area contributed by atoms with Crippen LogP contribution in [-0.4, -0.2) is 4.92 Å². The predicted molar refractivity (Wildman–Crippen MR) is 94.7 cm³/mol. The standard InChI is InChI=1S/C14H11Br3N2O2/c1-8-9(3-2-4-13(8)19(20)21)7-18-14-11(16)5-10(15)6-12(14)17/h2-6,18H,7H2,1H3. The van der Waals surface area contributed by atoms with Crippen molar-refractivity contribution in [3.05, 3.63) is 65.0 Å². The van der Waals surface area contributed by atoms with E-state index in [-0.39, 0.29) is 10.6 Å². The first-order valence-corrected chi connectivity index (χ1v) is 8.39. The van der Waals surface area contributed by atoms with Crippen LogP contribution in [0.1, 0.15) is 11.1 Å². The van der Waals surface area contributed by atoms with Crippen LogP contribution < -0.4 is 5.32 Å². The molecule has 0 bridgehead atoms. The van der Waals surface area contributed by atoms with E-state index in [4.69, 9.17) is 0 Å². The van der Waals surface area contributed by atoms with E-state index < -0.39 is 0 Å². The average Bonchev–Trinajstić information content (AvgIpc) is 2.38. The van der Waals surface area contributed by atoms with Crippen LogP contribution in [0.25, 0.3) is 0 Å². The second kappa shape index (κ2) is 6.89. The Morgan fingerprint density at radius 3 is 2.38 bits per heavy atom. The molecule has 110 valence electrons. The number of hydrogen-bond donors (Lipinski definition) is 1. The van der Waals surface area contributed by atoms with Crippen molar-refractivity contribution in [3.8, 4) is 0 Å². The van der Waals surface area contributed by atoms with Gasteiger partial charge in [0.2, 0.25) is 0 Å². The summed E-state index contributed by atoms with van der Waals surface area (Å²) in [7, 11) is 0. The second-order valence-electron chi connectivity index (χ2n) is 4.42. The first kappa shape index (κ1) is 16.5. The maximum Gasteiger partial charge on any atom is 0.272 e. The third kappa shape index (κ3) is 3.84. The van der Waals surface area contributed by atoms with Gasteiger partial charge in [-0.15, -0.1) is 0 Å². The Bertz CT molecular complexity index is 682. The van der Waals surface area contributed by atoms with Crippen LogP contribution in [0.4, 0.5) is 11.4 Å². The van der Waals surface area contributed by atoms with Crippen LogP contribution >= 0.6 is 47.8 Å². The van der Waals surface area contributed by atoms with Gasteiger partial charge in [0.25, 0.3) is 5.69 Å². The third-order valence-electron chi connectivity index (χ3n) is 3.08. The minimum absolute atomic E-state index is 0.142. The van der Waals surface area contributed by atoms with Gasteiger partial charge in [-0.05, 0) is 56.5 Å². The number of nitro groups is 1. The van der Waals surface area contributed by atoms with Crippen molar-refractivity contribution in [1.82, 2.24) is 0 Å². The Labute approximate surface area is 147 Å². The molecule has 0 spiro atoms. The van der Waals surface area contributed by atoms with Gasteiger partial charge in [-0.3, -0.25) is 10.1 Å². The van der Waals surface area contributed by atoms with Gasteiger partial charge in [0.15, 0.2) is 0 Å². The van der Waals surface area contributed by atoms with Crippen LogP contribution in [0.2, 0.25) is 0 Å². The van der Waals surface area contributed by atoms with Crippen molar-refractivity contribution in [2.24, 2.45) is 0 Å². The summed E-state index contributed by atoms with van der Waals surface area (Å²) in [6.45, 7) is 2.27. The molecule has 2 aromatic carbocycles. The highest BCUT2D eigenvalue weighted by Crippen LogP contribution is 2.35. The minimum Gasteiger partial charge on any atom is -0.379 e. The molecule has 0 aromatic heterocycles. The molecule has 0 fully saturated rings. The summed E-state index contributed by atoms with van der Waals surface area (Å²) in [4.78, 5) is 10.6. The summed E-state index contributed by atoms with van der Waals surface area (Å²) in [5.74, 6) is 0. The lowest BCUT2D eigenvalue weighted by Gasteiger charge is -2.13. The molecular weight excluding hydrogens is 468 g/mol. The molecule has 0 amide bonds. The van der Waals surface area contributed by atoms with Crippen LogP contribution in [0.5, 0.6) is 0 Å². The van der Waals surface area contributed by atoms with Gasteiger partial charge in [0.1, 0.15) is 0 Å². The first-order valence-electron chi connectivity index (χ1n) is 6.01. The van der Waals surface area contributed by atoms with Crippen LogP contribution in [0.3, 0.4) is 0 Å². The van der Waals surface area contributed by atoms with Gasteiger partial charge in [0.05, 0.1) is 10.6 Å². The molecule has 0 atom stereocenters. The van der Waals surface area contributed by atoms with Gasteiger partial charge < -0.3 is 5.32 Å². The lowest BCUT2D eigenvalue weighted by atomic mass is 10.1. The Kier molecular flexibility index (Phi) is 5.40. The normalized spacial score (nSPS) is 10.5. The number of nitro benzene ring substituents is 1. The average molecular weight is 479 g/mol. The maximum atomic E-state index is 11.0. The van der Waals surface area contributed by atoms with E-state index >= 15 is 0 Å². The lowest BCUT2D eigenvalue weighted by molar-refractivity contribution is -0.385. The summed E-state index contributed by atoms with van der Waals surface area (Å²) >= 11 is 10.4. The topological polar surface area (TPSA) is 55.2 Å². The number of rotatable bonds is 4. The lowest BCUT2D eigenvalue weighted by Crippen LogP contribution is -2.04. The zero-order valence-corrected chi connectivity index (χ0v) is 15.7. The number of anilines is 1. The van der Waals surface area contributed by atoms with Crippen molar-refractivity contribution >= 4 is 59.2 Å². The Balaban J connectivity index is 2.25. The van der Waals surface area contributed by atoms with Crippen molar-refractivity contribution < 1.29 is 4.92 Å². The van der Waals surface area contributed by atoms with Crippen molar-refractivity contribution in [3.63, 3.8) is 0 Å². The first-order chi connectivity index (χ1) is 9.90. The zero-order chi connectivity index (χ0) is 15.6. The molecule has 0 heterocycles. The van der Waals surface area contributed by atoms with Crippen LogP contribution in [0, 0.1) is 17.0 Å². The smallest absolute Gasteiger partial charge is 0.272 e. The summed E-state index contributed by atoms with van der Waals surface area (Å²) in [5.41, 5.74) is 2.62.